The molecule has 4 heteroatoms. The molecule has 99 heavy (non-hydrogen) atoms. The third-order valence-corrected chi connectivity index (χ3v) is 22.1. The van der Waals surface area contributed by atoms with E-state index in [9.17, 15) is 0 Å². The second-order valence-corrected chi connectivity index (χ2v) is 27.3. The van der Waals surface area contributed by atoms with Gasteiger partial charge in [-0.15, -0.1) is 0 Å². The van der Waals surface area contributed by atoms with Gasteiger partial charge in [-0.3, -0.25) is 0 Å². The fourth-order valence-corrected chi connectivity index (χ4v) is 17.5. The lowest BCUT2D eigenvalue weighted by atomic mass is 9.67. The van der Waals surface area contributed by atoms with Gasteiger partial charge in [-0.1, -0.05) is 267 Å². The van der Waals surface area contributed by atoms with Gasteiger partial charge in [0.2, 0.25) is 0 Å². The minimum Gasteiger partial charge on any atom is -0.310 e. The quantitative estimate of drug-likeness (QED) is 0.120. The van der Waals surface area contributed by atoms with Crippen molar-refractivity contribution in [3.63, 3.8) is 0 Å². The molecule has 2 unspecified atom stereocenters. The predicted molar refractivity (Wildman–Crippen MR) is 406 cm³/mol. The van der Waals surface area contributed by atoms with E-state index in [2.05, 4.69) is 316 Å². The Morgan fingerprint density at radius 3 is 0.788 bits per heavy atom. The van der Waals surface area contributed by atoms with Crippen LogP contribution in [0.1, 0.15) is 100 Å². The molecular weight excluding hydrogens is 1210 g/mol. The van der Waals surface area contributed by atoms with Crippen molar-refractivity contribution < 1.29 is 8.78 Å². The highest BCUT2D eigenvalue weighted by atomic mass is 19.1. The van der Waals surface area contributed by atoms with Gasteiger partial charge in [-0.05, 0) is 234 Å². The van der Waals surface area contributed by atoms with Gasteiger partial charge in [0.05, 0.1) is 16.2 Å². The van der Waals surface area contributed by atoms with Gasteiger partial charge < -0.3 is 9.80 Å². The van der Waals surface area contributed by atoms with Crippen molar-refractivity contribution in [3.05, 3.63) is 428 Å². The molecule has 0 bridgehead atoms. The van der Waals surface area contributed by atoms with Crippen LogP contribution < -0.4 is 9.80 Å². The summed E-state index contributed by atoms with van der Waals surface area (Å²) in [5.41, 5.74) is 31.2. The van der Waals surface area contributed by atoms with E-state index in [1.165, 1.54) is 44.5 Å². The summed E-state index contributed by atoms with van der Waals surface area (Å²) in [5.74, 6) is -0.569. The van der Waals surface area contributed by atoms with Crippen molar-refractivity contribution in [3.8, 4) is 44.5 Å². The van der Waals surface area contributed by atoms with E-state index in [-0.39, 0.29) is 11.6 Å². The Morgan fingerprint density at radius 1 is 0.253 bits per heavy atom. The van der Waals surface area contributed by atoms with E-state index < -0.39 is 16.2 Å². The number of anilines is 6. The van der Waals surface area contributed by atoms with Crippen molar-refractivity contribution in [2.75, 3.05) is 9.80 Å². The smallest absolute Gasteiger partial charge is 0.128 e. The molecule has 14 aromatic rings. The van der Waals surface area contributed by atoms with Crippen LogP contribution in [0.4, 0.5) is 42.9 Å². The molecule has 1 spiro atoms. The maximum absolute atomic E-state index is 16.7. The molecule has 0 fully saturated rings. The number of benzene rings is 14. The Bertz CT molecular complexity index is 5330. The maximum atomic E-state index is 16.7. The lowest BCUT2D eigenvalue weighted by molar-refractivity contribution is 0.618. The third kappa shape index (κ3) is 8.58. The summed E-state index contributed by atoms with van der Waals surface area (Å²) in [4.78, 5) is 4.51. The number of rotatable bonds is 12. The van der Waals surface area contributed by atoms with E-state index in [0.29, 0.717) is 22.5 Å². The summed E-state index contributed by atoms with van der Waals surface area (Å²) in [6.45, 7) is 16.2. The molecule has 18 rings (SSSR count). The van der Waals surface area contributed by atoms with E-state index in [4.69, 9.17) is 0 Å². The fourth-order valence-electron chi connectivity index (χ4n) is 17.5. The highest BCUT2D eigenvalue weighted by Crippen LogP contribution is 2.65. The number of aryl methyl sites for hydroxylation is 4. The zero-order chi connectivity index (χ0) is 67.1. The molecule has 2 atom stereocenters. The highest BCUT2D eigenvalue weighted by molar-refractivity contribution is 5.99. The van der Waals surface area contributed by atoms with Crippen molar-refractivity contribution in [1.82, 2.24) is 0 Å². The molecule has 4 aliphatic rings. The van der Waals surface area contributed by atoms with E-state index in [0.717, 1.165) is 112 Å². The SMILES string of the molecule is C=Cc1ccc(C2(c3ccc(C)cc3)c3ccccc3-c3ccc(N(c4ccc(C)c(F)c4)c4ccc5c(c4)C4(c6ccccc6-5)c5ccccc5-c5ccc(N(c6ccc(C)c(F)c6)c6ccc7c(c6)C(c6ccc(C)cc6)(c6ccc(C=C)cc6)c6ccccc6-7)cc54)cc32)cc1. The predicted octanol–water partition coefficient (Wildman–Crippen LogP) is 24.5. The third-order valence-electron chi connectivity index (χ3n) is 22.1. The summed E-state index contributed by atoms with van der Waals surface area (Å²) in [6, 6.07) is 110. The first kappa shape index (κ1) is 59.5. The van der Waals surface area contributed by atoms with Crippen LogP contribution in [-0.2, 0) is 16.2 Å². The van der Waals surface area contributed by atoms with Crippen molar-refractivity contribution in [1.29, 1.82) is 0 Å². The molecule has 472 valence electrons. The monoisotopic (exact) mass is 1270 g/mol. The van der Waals surface area contributed by atoms with Gasteiger partial charge in [0.15, 0.2) is 0 Å². The first-order valence-electron chi connectivity index (χ1n) is 34.1. The molecule has 0 radical (unpaired) electrons. The fraction of sp³-hybridized carbons (Fsp3) is 0.0737. The minimum atomic E-state index is -0.853. The Hall–Kier alpha value is -12.0. The van der Waals surface area contributed by atoms with Gasteiger partial charge in [-0.25, -0.2) is 8.78 Å². The summed E-state index contributed by atoms with van der Waals surface area (Å²) >= 11 is 0. The largest absolute Gasteiger partial charge is 0.310 e. The molecule has 0 N–H and O–H groups in total. The highest BCUT2D eigenvalue weighted by Gasteiger charge is 2.53. The van der Waals surface area contributed by atoms with Crippen LogP contribution in [0.15, 0.2) is 316 Å². The van der Waals surface area contributed by atoms with Gasteiger partial charge in [0.1, 0.15) is 11.6 Å². The van der Waals surface area contributed by atoms with Crippen LogP contribution in [-0.4, -0.2) is 0 Å². The van der Waals surface area contributed by atoms with Crippen LogP contribution in [0.25, 0.3) is 56.7 Å². The van der Waals surface area contributed by atoms with Crippen LogP contribution in [0.2, 0.25) is 0 Å². The minimum absolute atomic E-state index is 0.285. The lowest BCUT2D eigenvalue weighted by Crippen LogP contribution is -2.29. The first-order valence-corrected chi connectivity index (χ1v) is 34.1. The molecule has 14 aromatic carbocycles. The molecule has 0 heterocycles. The van der Waals surface area contributed by atoms with Gasteiger partial charge in [-0.2, -0.15) is 0 Å². The average Bonchev–Trinajstić information content (AvgIpc) is 1.51. The molecule has 2 nitrogen and oxygen atoms in total. The average molecular weight is 1280 g/mol. The Kier molecular flexibility index (Phi) is 13.6. The summed E-state index contributed by atoms with van der Waals surface area (Å²) in [7, 11) is 0. The maximum Gasteiger partial charge on any atom is 0.128 e. The Labute approximate surface area is 578 Å². The lowest BCUT2D eigenvalue weighted by Gasteiger charge is -2.36. The number of hydrogen-bond acceptors (Lipinski definition) is 2. The van der Waals surface area contributed by atoms with Crippen LogP contribution >= 0.6 is 0 Å². The normalized spacial score (nSPS) is 16.8. The van der Waals surface area contributed by atoms with E-state index in [1.54, 1.807) is 12.1 Å². The molecule has 0 aliphatic heterocycles. The van der Waals surface area contributed by atoms with Crippen LogP contribution in [0, 0.1) is 39.3 Å². The zero-order valence-electron chi connectivity index (χ0n) is 55.6. The van der Waals surface area contributed by atoms with E-state index in [1.807, 2.05) is 38.1 Å². The number of hydrogen-bond donors (Lipinski definition) is 0. The molecule has 0 saturated heterocycles. The number of fused-ring (bicyclic) bond motifs is 16. The second-order valence-electron chi connectivity index (χ2n) is 27.3. The van der Waals surface area contributed by atoms with Crippen LogP contribution in [0.3, 0.4) is 0 Å². The molecular formula is C95H68F2N2. The van der Waals surface area contributed by atoms with Gasteiger partial charge in [0.25, 0.3) is 0 Å². The summed E-state index contributed by atoms with van der Waals surface area (Å²) < 4.78 is 33.4. The molecule has 0 saturated carbocycles. The summed E-state index contributed by atoms with van der Waals surface area (Å²) in [5, 5.41) is 0. The Morgan fingerprint density at radius 2 is 0.495 bits per heavy atom. The summed E-state index contributed by atoms with van der Waals surface area (Å²) in [6.07, 6.45) is 3.80. The van der Waals surface area contributed by atoms with Crippen molar-refractivity contribution >= 4 is 46.3 Å². The molecule has 4 aliphatic carbocycles. The number of nitrogens with zero attached hydrogens (tertiary/aromatic N) is 2. The zero-order valence-corrected chi connectivity index (χ0v) is 55.6. The molecule has 0 aromatic heterocycles. The molecule has 0 amide bonds. The van der Waals surface area contributed by atoms with Crippen molar-refractivity contribution in [2.45, 2.75) is 43.9 Å². The standard InChI is InChI=1S/C95H68F2N2/c1-7-63-31-39-67(40-32-63)93(65-35-25-59(3)26-36-65)83-21-13-9-17-75(83)79-49-45-69(53-87(79)93)98(73-43-29-61(5)91(96)57-73)71-47-51-81-77-19-11-15-23-85(77)95(89(81)55-71)86-24-16-12-20-78(86)82-52-48-72(56-90(82)95)99(74-44-30-62(6)92(97)58-74)70-46-50-80-76-18-10-14-22-84(76)94(88(80)54-70,66-37-27-60(4)28-38-66)68-41-33-64(8-2)34-42-68/h7-58H,1-2H2,3-6H3. The first-order chi connectivity index (χ1) is 48.4. The Balaban J connectivity index is 0.864. The van der Waals surface area contributed by atoms with Crippen LogP contribution in [0.5, 0.6) is 0 Å². The number of halogens is 2. The topological polar surface area (TPSA) is 6.48 Å². The van der Waals surface area contributed by atoms with Gasteiger partial charge >= 0.3 is 0 Å². The van der Waals surface area contributed by atoms with Gasteiger partial charge in [0, 0.05) is 34.1 Å². The van der Waals surface area contributed by atoms with Crippen molar-refractivity contribution in [2.24, 2.45) is 0 Å². The van der Waals surface area contributed by atoms with E-state index >= 15 is 8.78 Å². The second kappa shape index (κ2) is 22.6.